The fourth-order valence-corrected chi connectivity index (χ4v) is 21.2. The Morgan fingerprint density at radius 3 is 0.686 bits per heavy atom. The Balaban J connectivity index is 0.000000125. The van der Waals surface area contributed by atoms with Gasteiger partial charge in [-0.05, 0) is 282 Å². The first-order valence-corrected chi connectivity index (χ1v) is 42.5. The average molecular weight is 1580 g/mol. The molecule has 0 amide bonds. The monoisotopic (exact) mass is 1580 g/mol. The molecule has 2 N–H and O–H groups in total. The smallest absolute Gasteiger partial charge is 0.423 e. The molecule has 20 aromatic carbocycles. The van der Waals surface area contributed by atoms with Crippen molar-refractivity contribution in [3.8, 4) is 100 Å². The predicted molar refractivity (Wildman–Crippen MR) is 509 cm³/mol. The molecule has 2 nitrogen and oxygen atoms in total. The van der Waals surface area contributed by atoms with E-state index in [1.807, 2.05) is 66.7 Å². The van der Waals surface area contributed by atoms with Gasteiger partial charge in [0, 0.05) is 15.3 Å². The van der Waals surface area contributed by atoms with Gasteiger partial charge in [0.15, 0.2) is 0 Å². The molecular formula is C114H86BBrO2. The Bertz CT molecular complexity index is 7180. The molecule has 0 saturated carbocycles. The van der Waals surface area contributed by atoms with Crippen LogP contribution in [0.5, 0.6) is 0 Å². The van der Waals surface area contributed by atoms with Gasteiger partial charge in [-0.25, -0.2) is 0 Å². The normalized spacial score (nSPS) is 12.8. The van der Waals surface area contributed by atoms with E-state index >= 15 is 0 Å². The minimum Gasteiger partial charge on any atom is -0.423 e. The molecule has 20 aromatic rings. The fraction of sp³-hybridized carbons (Fsp3) is 0.0877. The largest absolute Gasteiger partial charge is 0.489 e. The Labute approximate surface area is 699 Å². The van der Waals surface area contributed by atoms with Gasteiger partial charge in [-0.15, -0.1) is 0 Å². The average Bonchev–Trinajstić information content (AvgIpc) is 1.52. The van der Waals surface area contributed by atoms with Crippen molar-refractivity contribution in [2.24, 2.45) is 0 Å². The van der Waals surface area contributed by atoms with Crippen LogP contribution in [0.15, 0.2) is 393 Å². The summed E-state index contributed by atoms with van der Waals surface area (Å²) in [7, 11) is -1.50. The van der Waals surface area contributed by atoms with Crippen molar-refractivity contribution in [1.29, 1.82) is 0 Å². The van der Waals surface area contributed by atoms with Gasteiger partial charge in [0.05, 0.1) is 0 Å². The molecule has 0 fully saturated rings. The van der Waals surface area contributed by atoms with Crippen LogP contribution in [-0.2, 0) is 10.8 Å². The summed E-state index contributed by atoms with van der Waals surface area (Å²) >= 11 is 3.78. The highest BCUT2D eigenvalue weighted by Crippen LogP contribution is 2.60. The quantitative estimate of drug-likeness (QED) is 0.0945. The molecule has 0 atom stereocenters. The maximum atomic E-state index is 9.94. The molecule has 118 heavy (non-hydrogen) atoms. The number of hydrogen-bond donors (Lipinski definition) is 2. The van der Waals surface area contributed by atoms with Gasteiger partial charge in [0.2, 0.25) is 0 Å². The van der Waals surface area contributed by atoms with Gasteiger partial charge in [-0.1, -0.05) is 389 Å². The van der Waals surface area contributed by atoms with Gasteiger partial charge in [0.25, 0.3) is 0 Å². The maximum absolute atomic E-state index is 9.94. The fourth-order valence-electron chi connectivity index (χ4n) is 20.8. The predicted octanol–water partition coefficient (Wildman–Crippen LogP) is 30.6. The zero-order valence-electron chi connectivity index (χ0n) is 66.6. The zero-order valence-corrected chi connectivity index (χ0v) is 68.2. The molecule has 22 rings (SSSR count). The lowest BCUT2D eigenvalue weighted by atomic mass is 9.72. The summed E-state index contributed by atoms with van der Waals surface area (Å²) in [4.78, 5) is 0. The van der Waals surface area contributed by atoms with Crippen LogP contribution in [0, 0.1) is 0 Å². The molecule has 0 saturated heterocycles. The summed E-state index contributed by atoms with van der Waals surface area (Å²) in [5, 5.41) is 39.3. The first-order valence-electron chi connectivity index (χ1n) is 41.7. The summed E-state index contributed by atoms with van der Waals surface area (Å²) in [6.07, 6.45) is 4.19. The van der Waals surface area contributed by atoms with Crippen molar-refractivity contribution >= 4 is 115 Å². The summed E-state index contributed by atoms with van der Waals surface area (Å²) in [5.74, 6) is 0. The van der Waals surface area contributed by atoms with E-state index in [1.165, 1.54) is 176 Å². The minimum absolute atomic E-state index is 0.00908. The van der Waals surface area contributed by atoms with Gasteiger partial charge in [-0.3, -0.25) is 0 Å². The Kier molecular flexibility index (Phi) is 19.1. The van der Waals surface area contributed by atoms with Crippen molar-refractivity contribution < 1.29 is 10.0 Å². The van der Waals surface area contributed by atoms with Crippen LogP contribution in [0.3, 0.4) is 0 Å². The third kappa shape index (κ3) is 12.0. The van der Waals surface area contributed by atoms with Crippen molar-refractivity contribution in [2.75, 3.05) is 0 Å². The maximum Gasteiger partial charge on any atom is 0.489 e. The van der Waals surface area contributed by atoms with E-state index in [1.54, 1.807) is 0 Å². The van der Waals surface area contributed by atoms with E-state index in [0.717, 1.165) is 62.8 Å². The third-order valence-electron chi connectivity index (χ3n) is 26.2. The minimum atomic E-state index is -1.50. The molecule has 0 aromatic heterocycles. The van der Waals surface area contributed by atoms with E-state index in [9.17, 15) is 10.0 Å². The number of hydrogen-bond acceptors (Lipinski definition) is 2. The highest BCUT2D eigenvalue weighted by atomic mass is 79.9. The van der Waals surface area contributed by atoms with E-state index in [2.05, 4.69) is 365 Å². The zero-order chi connectivity index (χ0) is 79.8. The van der Waals surface area contributed by atoms with Crippen molar-refractivity contribution in [1.82, 2.24) is 0 Å². The molecule has 0 aliphatic heterocycles. The summed E-state index contributed by atoms with van der Waals surface area (Å²) in [6, 6.07) is 141. The molecule has 564 valence electrons. The van der Waals surface area contributed by atoms with Crippen LogP contribution < -0.4 is 5.46 Å². The van der Waals surface area contributed by atoms with E-state index in [-0.39, 0.29) is 10.8 Å². The van der Waals surface area contributed by atoms with Gasteiger partial charge in [-0.2, -0.15) is 0 Å². The molecule has 2 aliphatic carbocycles. The molecule has 4 heteroatoms. The molecule has 0 radical (unpaired) electrons. The van der Waals surface area contributed by atoms with E-state index in [4.69, 9.17) is 0 Å². The second kappa shape index (κ2) is 30.5. The van der Waals surface area contributed by atoms with Crippen molar-refractivity contribution in [2.45, 2.75) is 64.2 Å². The molecule has 0 bridgehead atoms. The van der Waals surface area contributed by atoms with Crippen LogP contribution in [0.25, 0.3) is 186 Å². The Hall–Kier alpha value is -13.1. The van der Waals surface area contributed by atoms with E-state index < -0.39 is 7.12 Å². The molecular weight excluding hydrogens is 1490 g/mol. The van der Waals surface area contributed by atoms with Crippen LogP contribution in [0.2, 0.25) is 0 Å². The standard InChI is InChI=1S/C57H42.C37H29Br.C20H15BO2/c1-3-57(4-2)51-34-40(56-46-30-18-14-26-42(46)53(37-20-8-5-9-21-37)43-27-15-19-31-47(43)56)32-33-41(51)48-35-49-50(36-52(48)57)55(39-24-12-7-13-25-39)45-29-17-16-28-44(45)54(49)38-22-10-6-11-23-38;1-3-37(4-2)33-21-26(38)19-20-27(33)30-22-31-32(23-34(30)37)36(25-15-9-6-10-16-25)29-18-12-11-17-28(29)35(31)24-13-7-5-8-14-24;22-21(23)20-17-12-6-4-10-15(17)19(14-8-2-1-3-9-14)16-11-5-7-13-18(16)20/h5-36H,3-4H2,1-2H3;5-23H,3-4H2,1-2H3;1-13,22-23H. The van der Waals surface area contributed by atoms with Gasteiger partial charge >= 0.3 is 7.12 Å². The highest BCUT2D eigenvalue weighted by molar-refractivity contribution is 9.10. The lowest BCUT2D eigenvalue weighted by Crippen LogP contribution is -2.31. The van der Waals surface area contributed by atoms with Crippen molar-refractivity contribution in [3.05, 3.63) is 415 Å². The summed E-state index contributed by atoms with van der Waals surface area (Å²) in [5.41, 5.74) is 29.5. The first-order chi connectivity index (χ1) is 58.1. The number of halogens is 1. The molecule has 2 aliphatic rings. The van der Waals surface area contributed by atoms with Crippen LogP contribution >= 0.6 is 15.9 Å². The lowest BCUT2D eigenvalue weighted by Gasteiger charge is -2.31. The van der Waals surface area contributed by atoms with Gasteiger partial charge < -0.3 is 10.0 Å². The van der Waals surface area contributed by atoms with Gasteiger partial charge in [0.1, 0.15) is 0 Å². The van der Waals surface area contributed by atoms with Crippen LogP contribution in [0.1, 0.15) is 75.6 Å². The van der Waals surface area contributed by atoms with E-state index in [0.29, 0.717) is 5.46 Å². The molecule has 0 heterocycles. The number of benzene rings is 20. The third-order valence-corrected chi connectivity index (χ3v) is 26.7. The second-order valence-electron chi connectivity index (χ2n) is 31.8. The topological polar surface area (TPSA) is 40.5 Å². The highest BCUT2D eigenvalue weighted by Gasteiger charge is 2.44. The first kappa shape index (κ1) is 73.8. The number of rotatable bonds is 12. The SMILES string of the molecule is CCC1(CC)c2cc(-c3c4ccccc4c(-c4ccccc4)c4ccccc34)ccc2-c2cc3c(-c4ccccc4)c4ccccc4c(-c4ccccc4)c3cc21.CCC1(CC)c2cc(Br)ccc2-c2cc3c(-c4ccccc4)c4ccccc4c(-c4ccccc4)c3cc21.OB(O)c1c2ccccc2c(-c2ccccc2)c2ccccc12. The Morgan fingerprint density at radius 1 is 0.203 bits per heavy atom. The number of fused-ring (bicyclic) bond motifs is 14. The summed E-state index contributed by atoms with van der Waals surface area (Å²) in [6.45, 7) is 9.49. The van der Waals surface area contributed by atoms with Crippen LogP contribution in [-0.4, -0.2) is 17.2 Å². The summed E-state index contributed by atoms with van der Waals surface area (Å²) < 4.78 is 1.15. The molecule has 0 spiro atoms. The van der Waals surface area contributed by atoms with Crippen LogP contribution in [0.4, 0.5) is 0 Å². The lowest BCUT2D eigenvalue weighted by molar-refractivity contribution is 0.426. The Morgan fingerprint density at radius 2 is 0.415 bits per heavy atom. The molecule has 0 unspecified atom stereocenters. The van der Waals surface area contributed by atoms with Crippen molar-refractivity contribution in [3.63, 3.8) is 0 Å². The second-order valence-corrected chi connectivity index (χ2v) is 32.7.